The summed E-state index contributed by atoms with van der Waals surface area (Å²) in [7, 11) is 0. The first-order valence-corrected chi connectivity index (χ1v) is 12.0. The summed E-state index contributed by atoms with van der Waals surface area (Å²) in [5, 5.41) is 4.57. The molecule has 0 spiro atoms. The van der Waals surface area contributed by atoms with Gasteiger partial charge in [0.1, 0.15) is 24.7 Å². The van der Waals surface area contributed by atoms with Crippen LogP contribution in [0.3, 0.4) is 0 Å². The van der Waals surface area contributed by atoms with Gasteiger partial charge < -0.3 is 9.47 Å². The Morgan fingerprint density at radius 3 is 2.50 bits per heavy atom. The van der Waals surface area contributed by atoms with Crippen molar-refractivity contribution in [2.45, 2.75) is 38.0 Å². The maximum absolute atomic E-state index is 12.1. The van der Waals surface area contributed by atoms with E-state index in [9.17, 15) is 4.79 Å². The molecule has 1 amide bonds. The maximum atomic E-state index is 12.1. The standard InChI is InChI=1S/C27H28ClN3O3/c28-24-8-11-26(23(18-24)19-30-31-27(32)22-12-14-29-15-13-22)34-17-16-33-25-9-6-21(7-10-25)20-4-2-1-3-5-20/h6-15,18-20H,1-5,16-17H2,(H,31,32)/b30-19+. The number of hydrogen-bond donors (Lipinski definition) is 1. The number of carbonyl (C=O) groups excluding carboxylic acids is 1. The number of nitrogens with zero attached hydrogens (tertiary/aromatic N) is 2. The molecular weight excluding hydrogens is 450 g/mol. The van der Waals surface area contributed by atoms with E-state index < -0.39 is 0 Å². The number of amides is 1. The molecule has 1 heterocycles. The molecule has 4 rings (SSSR count). The zero-order valence-electron chi connectivity index (χ0n) is 19.0. The van der Waals surface area contributed by atoms with Crippen molar-refractivity contribution >= 4 is 23.7 Å². The van der Waals surface area contributed by atoms with Crippen molar-refractivity contribution in [3.8, 4) is 11.5 Å². The van der Waals surface area contributed by atoms with Crippen LogP contribution >= 0.6 is 11.6 Å². The van der Waals surface area contributed by atoms with Gasteiger partial charge in [-0.2, -0.15) is 5.10 Å². The number of benzene rings is 2. The van der Waals surface area contributed by atoms with Gasteiger partial charge in [-0.15, -0.1) is 0 Å². The number of halogens is 1. The third kappa shape index (κ3) is 6.81. The molecule has 7 heteroatoms. The lowest BCUT2D eigenvalue weighted by Crippen LogP contribution is -2.17. The summed E-state index contributed by atoms with van der Waals surface area (Å²) in [6.07, 6.45) is 11.2. The molecule has 1 aromatic heterocycles. The molecule has 0 atom stereocenters. The maximum Gasteiger partial charge on any atom is 0.271 e. The van der Waals surface area contributed by atoms with Gasteiger partial charge in [-0.25, -0.2) is 5.43 Å². The number of aromatic nitrogens is 1. The Labute approximate surface area is 205 Å². The van der Waals surface area contributed by atoms with Gasteiger partial charge in [0.15, 0.2) is 0 Å². The summed E-state index contributed by atoms with van der Waals surface area (Å²) in [5.74, 6) is 1.79. The fraction of sp³-hybridized carbons (Fsp3) is 0.296. The van der Waals surface area contributed by atoms with Gasteiger partial charge in [-0.05, 0) is 66.8 Å². The van der Waals surface area contributed by atoms with Crippen LogP contribution in [-0.4, -0.2) is 30.3 Å². The predicted molar refractivity (Wildman–Crippen MR) is 134 cm³/mol. The van der Waals surface area contributed by atoms with Gasteiger partial charge in [-0.1, -0.05) is 43.0 Å². The molecule has 34 heavy (non-hydrogen) atoms. The fourth-order valence-electron chi connectivity index (χ4n) is 4.06. The molecule has 0 radical (unpaired) electrons. The third-order valence-electron chi connectivity index (χ3n) is 5.85. The largest absolute Gasteiger partial charge is 0.490 e. The van der Waals surface area contributed by atoms with Crippen LogP contribution in [0, 0.1) is 0 Å². The molecule has 1 N–H and O–H groups in total. The van der Waals surface area contributed by atoms with Crippen molar-refractivity contribution in [1.29, 1.82) is 0 Å². The van der Waals surface area contributed by atoms with Crippen LogP contribution in [0.1, 0.15) is 59.5 Å². The highest BCUT2D eigenvalue weighted by Gasteiger charge is 2.15. The van der Waals surface area contributed by atoms with Crippen molar-refractivity contribution in [1.82, 2.24) is 10.4 Å². The lowest BCUT2D eigenvalue weighted by molar-refractivity contribution is 0.0955. The van der Waals surface area contributed by atoms with Crippen molar-refractivity contribution in [3.63, 3.8) is 0 Å². The highest BCUT2D eigenvalue weighted by molar-refractivity contribution is 6.30. The van der Waals surface area contributed by atoms with E-state index in [-0.39, 0.29) is 5.91 Å². The molecule has 1 fully saturated rings. The highest BCUT2D eigenvalue weighted by atomic mass is 35.5. The molecule has 1 saturated carbocycles. The molecule has 3 aromatic rings. The minimum atomic E-state index is -0.328. The minimum absolute atomic E-state index is 0.328. The van der Waals surface area contributed by atoms with Gasteiger partial charge in [0.05, 0.1) is 6.21 Å². The molecule has 0 unspecified atom stereocenters. The van der Waals surface area contributed by atoms with Gasteiger partial charge in [0.2, 0.25) is 0 Å². The van der Waals surface area contributed by atoms with Crippen LogP contribution in [0.25, 0.3) is 0 Å². The van der Waals surface area contributed by atoms with Gasteiger partial charge in [0, 0.05) is 28.5 Å². The first-order valence-electron chi connectivity index (χ1n) is 11.6. The molecule has 0 aliphatic heterocycles. The molecular formula is C27H28ClN3O3. The summed E-state index contributed by atoms with van der Waals surface area (Å²) in [4.78, 5) is 16.0. The van der Waals surface area contributed by atoms with Crippen LogP contribution in [-0.2, 0) is 0 Å². The average Bonchev–Trinajstić information content (AvgIpc) is 2.89. The van der Waals surface area contributed by atoms with Gasteiger partial charge in [-0.3, -0.25) is 9.78 Å². The molecule has 0 bridgehead atoms. The van der Waals surface area contributed by atoms with Crippen LogP contribution in [0.4, 0.5) is 0 Å². The Morgan fingerprint density at radius 2 is 1.74 bits per heavy atom. The summed E-state index contributed by atoms with van der Waals surface area (Å²) < 4.78 is 11.7. The van der Waals surface area contributed by atoms with E-state index >= 15 is 0 Å². The van der Waals surface area contributed by atoms with Crippen LogP contribution < -0.4 is 14.9 Å². The number of pyridine rings is 1. The second-order valence-corrected chi connectivity index (χ2v) is 8.65. The highest BCUT2D eigenvalue weighted by Crippen LogP contribution is 2.33. The lowest BCUT2D eigenvalue weighted by Gasteiger charge is -2.22. The predicted octanol–water partition coefficient (Wildman–Crippen LogP) is 6.00. The summed E-state index contributed by atoms with van der Waals surface area (Å²) in [6.45, 7) is 0.761. The molecule has 176 valence electrons. The number of nitrogens with one attached hydrogen (secondary N) is 1. The number of hydrazone groups is 1. The normalized spacial score (nSPS) is 14.1. The number of carbonyl (C=O) groups is 1. The van der Waals surface area contributed by atoms with E-state index in [0.717, 1.165) is 5.75 Å². The SMILES string of the molecule is O=C(N/N=C/c1cc(Cl)ccc1OCCOc1ccc(C2CCCCC2)cc1)c1ccncc1. The van der Waals surface area contributed by atoms with E-state index in [4.69, 9.17) is 21.1 Å². The molecule has 6 nitrogen and oxygen atoms in total. The zero-order chi connectivity index (χ0) is 23.6. The molecule has 2 aromatic carbocycles. The Kier molecular flexibility index (Phi) is 8.52. The summed E-state index contributed by atoms with van der Waals surface area (Å²) in [6, 6.07) is 16.9. The summed E-state index contributed by atoms with van der Waals surface area (Å²) >= 11 is 6.13. The first-order chi connectivity index (χ1) is 16.7. The van der Waals surface area contributed by atoms with Crippen LogP contribution in [0.15, 0.2) is 72.1 Å². The number of hydrogen-bond acceptors (Lipinski definition) is 5. The topological polar surface area (TPSA) is 72.8 Å². The minimum Gasteiger partial charge on any atom is -0.490 e. The zero-order valence-corrected chi connectivity index (χ0v) is 19.7. The van der Waals surface area contributed by atoms with E-state index in [1.54, 1.807) is 42.7 Å². The number of rotatable bonds is 9. The van der Waals surface area contributed by atoms with Crippen molar-refractivity contribution in [2.75, 3.05) is 13.2 Å². The Hall–Kier alpha value is -3.38. The first kappa shape index (κ1) is 23.8. The third-order valence-corrected chi connectivity index (χ3v) is 6.09. The van der Waals surface area contributed by atoms with Crippen LogP contribution in [0.5, 0.6) is 11.5 Å². The average molecular weight is 478 g/mol. The second-order valence-electron chi connectivity index (χ2n) is 8.22. The molecule has 0 saturated heterocycles. The van der Waals surface area contributed by atoms with Gasteiger partial charge >= 0.3 is 0 Å². The van der Waals surface area contributed by atoms with E-state index in [1.807, 2.05) is 12.1 Å². The van der Waals surface area contributed by atoms with E-state index in [0.29, 0.717) is 41.0 Å². The Balaban J connectivity index is 1.27. The van der Waals surface area contributed by atoms with Crippen molar-refractivity contribution in [3.05, 3.63) is 88.7 Å². The van der Waals surface area contributed by atoms with E-state index in [1.165, 1.54) is 43.9 Å². The van der Waals surface area contributed by atoms with Crippen LogP contribution in [0.2, 0.25) is 5.02 Å². The summed E-state index contributed by atoms with van der Waals surface area (Å²) in [5.41, 5.74) is 5.02. The Bertz CT molecular complexity index is 1100. The smallest absolute Gasteiger partial charge is 0.271 e. The quantitative estimate of drug-likeness (QED) is 0.233. The fourth-order valence-corrected chi connectivity index (χ4v) is 4.24. The monoisotopic (exact) mass is 477 g/mol. The van der Waals surface area contributed by atoms with Crippen molar-refractivity contribution < 1.29 is 14.3 Å². The number of ether oxygens (including phenoxy) is 2. The lowest BCUT2D eigenvalue weighted by atomic mass is 9.84. The molecule has 1 aliphatic rings. The molecule has 1 aliphatic carbocycles. The van der Waals surface area contributed by atoms with E-state index in [2.05, 4.69) is 27.6 Å². The Morgan fingerprint density at radius 1 is 1.00 bits per heavy atom. The van der Waals surface area contributed by atoms with Crippen molar-refractivity contribution in [2.24, 2.45) is 5.10 Å². The van der Waals surface area contributed by atoms with Gasteiger partial charge in [0.25, 0.3) is 5.91 Å². The second kappa shape index (κ2) is 12.2.